The van der Waals surface area contributed by atoms with Gasteiger partial charge in [-0.2, -0.15) is 0 Å². The van der Waals surface area contributed by atoms with Crippen LogP contribution in [0.5, 0.6) is 0 Å². The average molecular weight is 200 g/mol. The fraction of sp³-hybridized carbons (Fsp3) is 0.400. The van der Waals surface area contributed by atoms with Crippen molar-refractivity contribution < 1.29 is 18.3 Å². The van der Waals surface area contributed by atoms with Gasteiger partial charge in [-0.25, -0.2) is 8.78 Å². The van der Waals surface area contributed by atoms with Crippen molar-refractivity contribution in [3.63, 3.8) is 0 Å². The third-order valence-electron chi connectivity index (χ3n) is 2.26. The summed E-state index contributed by atoms with van der Waals surface area (Å²) in [7, 11) is 1.44. The zero-order valence-corrected chi connectivity index (χ0v) is 7.67. The molecule has 2 rings (SSSR count). The first-order valence-electron chi connectivity index (χ1n) is 4.31. The Morgan fingerprint density at radius 1 is 1.50 bits per heavy atom. The van der Waals surface area contributed by atoms with Gasteiger partial charge in [0.1, 0.15) is 5.82 Å². The summed E-state index contributed by atoms with van der Waals surface area (Å²) in [5, 5.41) is 0. The Hall–Kier alpha value is -1.00. The molecular weight excluding hydrogens is 190 g/mol. The Labute approximate surface area is 80.4 Å². The maximum Gasteiger partial charge on any atom is 0.184 e. The molecule has 0 spiro atoms. The first-order valence-corrected chi connectivity index (χ1v) is 4.31. The minimum Gasteiger partial charge on any atom is -0.352 e. The number of methoxy groups -OCH3 is 1. The number of rotatable bonds is 1. The van der Waals surface area contributed by atoms with E-state index in [1.54, 1.807) is 6.07 Å². The summed E-state index contributed by atoms with van der Waals surface area (Å²) in [5.41, 5.74) is 0.497. The van der Waals surface area contributed by atoms with E-state index in [-0.39, 0.29) is 12.2 Å². The average Bonchev–Trinajstić information content (AvgIpc) is 2.18. The number of alkyl halides is 1. The van der Waals surface area contributed by atoms with Crippen LogP contribution >= 0.6 is 0 Å². The molecule has 0 amide bonds. The molecular formula is C10H10F2O2. The fourth-order valence-electron chi connectivity index (χ4n) is 1.63. The van der Waals surface area contributed by atoms with Gasteiger partial charge in [0, 0.05) is 18.2 Å². The molecule has 1 heterocycles. The smallest absolute Gasteiger partial charge is 0.184 e. The molecule has 0 aromatic heterocycles. The first kappa shape index (κ1) is 9.55. The molecule has 0 bridgehead atoms. The molecule has 0 radical (unpaired) electrons. The predicted molar refractivity (Wildman–Crippen MR) is 46.0 cm³/mol. The van der Waals surface area contributed by atoms with E-state index >= 15 is 0 Å². The minimum absolute atomic E-state index is 0.0607. The van der Waals surface area contributed by atoms with Gasteiger partial charge >= 0.3 is 0 Å². The van der Waals surface area contributed by atoms with Crippen LogP contribution in [0.15, 0.2) is 18.2 Å². The molecule has 0 saturated heterocycles. The number of ether oxygens (including phenoxy) is 2. The normalized spacial score (nSPS) is 25.9. The lowest BCUT2D eigenvalue weighted by atomic mass is 10.0. The van der Waals surface area contributed by atoms with Gasteiger partial charge in [0.25, 0.3) is 0 Å². The SMILES string of the molecule is CO[C@@H]1OC[C@@H](F)c2c(F)cccc21. The Morgan fingerprint density at radius 3 is 3.00 bits per heavy atom. The molecule has 1 aromatic carbocycles. The van der Waals surface area contributed by atoms with Crippen molar-refractivity contribution in [2.75, 3.05) is 13.7 Å². The highest BCUT2D eigenvalue weighted by atomic mass is 19.1. The van der Waals surface area contributed by atoms with Crippen molar-refractivity contribution in [3.05, 3.63) is 35.1 Å². The van der Waals surface area contributed by atoms with Crippen LogP contribution in [0, 0.1) is 5.82 Å². The summed E-state index contributed by atoms with van der Waals surface area (Å²) in [4.78, 5) is 0. The van der Waals surface area contributed by atoms with Gasteiger partial charge in [-0.15, -0.1) is 0 Å². The standard InChI is InChI=1S/C10H10F2O2/c1-13-10-6-3-2-4-7(11)9(6)8(12)5-14-10/h2-4,8,10H,5H2,1H3/t8-,10-/m1/s1. The third kappa shape index (κ3) is 1.40. The number of halogens is 2. The van der Waals surface area contributed by atoms with Crippen LogP contribution in [0.25, 0.3) is 0 Å². The monoisotopic (exact) mass is 200 g/mol. The second-order valence-electron chi connectivity index (χ2n) is 3.11. The van der Waals surface area contributed by atoms with Gasteiger partial charge < -0.3 is 9.47 Å². The van der Waals surface area contributed by atoms with E-state index in [4.69, 9.17) is 9.47 Å². The van der Waals surface area contributed by atoms with Crippen LogP contribution in [0.1, 0.15) is 23.6 Å². The second-order valence-corrected chi connectivity index (χ2v) is 3.11. The van der Waals surface area contributed by atoms with E-state index < -0.39 is 18.3 Å². The van der Waals surface area contributed by atoms with Crippen molar-refractivity contribution in [2.24, 2.45) is 0 Å². The molecule has 76 valence electrons. The van der Waals surface area contributed by atoms with Crippen LogP contribution in [-0.4, -0.2) is 13.7 Å². The summed E-state index contributed by atoms with van der Waals surface area (Å²) < 4.78 is 36.6. The minimum atomic E-state index is -1.41. The molecule has 2 atom stereocenters. The van der Waals surface area contributed by atoms with Gasteiger partial charge in [-0.3, -0.25) is 0 Å². The molecule has 4 heteroatoms. The van der Waals surface area contributed by atoms with Crippen molar-refractivity contribution >= 4 is 0 Å². The maximum absolute atomic E-state index is 13.3. The lowest BCUT2D eigenvalue weighted by Crippen LogP contribution is -2.21. The predicted octanol–water partition coefficient (Wildman–Crippen LogP) is 2.51. The quantitative estimate of drug-likeness (QED) is 0.693. The van der Waals surface area contributed by atoms with Gasteiger partial charge in [-0.05, 0) is 6.07 Å². The zero-order valence-electron chi connectivity index (χ0n) is 7.67. The molecule has 0 aliphatic carbocycles. The molecule has 14 heavy (non-hydrogen) atoms. The highest BCUT2D eigenvalue weighted by molar-refractivity contribution is 5.33. The van der Waals surface area contributed by atoms with Crippen molar-refractivity contribution in [1.82, 2.24) is 0 Å². The lowest BCUT2D eigenvalue weighted by Gasteiger charge is -2.27. The van der Waals surface area contributed by atoms with Gasteiger partial charge in [0.15, 0.2) is 12.5 Å². The third-order valence-corrected chi connectivity index (χ3v) is 2.26. The summed E-state index contributed by atoms with van der Waals surface area (Å²) in [6.45, 7) is -0.160. The molecule has 1 aromatic rings. The fourth-order valence-corrected chi connectivity index (χ4v) is 1.63. The van der Waals surface area contributed by atoms with Crippen LogP contribution in [0.3, 0.4) is 0 Å². The highest BCUT2D eigenvalue weighted by Crippen LogP contribution is 2.36. The van der Waals surface area contributed by atoms with E-state index in [2.05, 4.69) is 0 Å². The molecule has 1 aliphatic heterocycles. The molecule has 0 saturated carbocycles. The Kier molecular flexibility index (Phi) is 2.48. The lowest BCUT2D eigenvalue weighted by molar-refractivity contribution is -0.150. The molecule has 2 nitrogen and oxygen atoms in total. The van der Waals surface area contributed by atoms with Crippen molar-refractivity contribution in [1.29, 1.82) is 0 Å². The first-order chi connectivity index (χ1) is 6.74. The van der Waals surface area contributed by atoms with E-state index in [0.29, 0.717) is 5.56 Å². The number of hydrogen-bond donors (Lipinski definition) is 0. The summed E-state index contributed by atoms with van der Waals surface area (Å²) in [6, 6.07) is 4.36. The molecule has 0 unspecified atom stereocenters. The highest BCUT2D eigenvalue weighted by Gasteiger charge is 2.30. The Balaban J connectivity index is 2.50. The Bertz CT molecular complexity index is 341. The van der Waals surface area contributed by atoms with Crippen LogP contribution in [-0.2, 0) is 9.47 Å². The maximum atomic E-state index is 13.3. The van der Waals surface area contributed by atoms with Crippen LogP contribution < -0.4 is 0 Å². The zero-order chi connectivity index (χ0) is 10.1. The van der Waals surface area contributed by atoms with Crippen LogP contribution in [0.4, 0.5) is 8.78 Å². The summed E-state index contributed by atoms with van der Waals surface area (Å²) in [6.07, 6.45) is -2.06. The number of benzene rings is 1. The second kappa shape index (κ2) is 3.63. The number of fused-ring (bicyclic) bond motifs is 1. The number of hydrogen-bond acceptors (Lipinski definition) is 2. The van der Waals surface area contributed by atoms with E-state index in [0.717, 1.165) is 0 Å². The van der Waals surface area contributed by atoms with E-state index in [9.17, 15) is 8.78 Å². The van der Waals surface area contributed by atoms with Gasteiger partial charge in [-0.1, -0.05) is 12.1 Å². The largest absolute Gasteiger partial charge is 0.352 e. The van der Waals surface area contributed by atoms with Crippen molar-refractivity contribution in [3.8, 4) is 0 Å². The summed E-state index contributed by atoms with van der Waals surface area (Å²) in [5.74, 6) is -0.541. The topological polar surface area (TPSA) is 18.5 Å². The van der Waals surface area contributed by atoms with Crippen LogP contribution in [0.2, 0.25) is 0 Å². The van der Waals surface area contributed by atoms with Gasteiger partial charge in [0.2, 0.25) is 0 Å². The summed E-state index contributed by atoms with van der Waals surface area (Å²) >= 11 is 0. The van der Waals surface area contributed by atoms with Gasteiger partial charge in [0.05, 0.1) is 6.61 Å². The van der Waals surface area contributed by atoms with E-state index in [1.165, 1.54) is 19.2 Å². The molecule has 0 N–H and O–H groups in total. The van der Waals surface area contributed by atoms with E-state index in [1.807, 2.05) is 0 Å². The molecule has 1 aliphatic rings. The van der Waals surface area contributed by atoms with Crippen molar-refractivity contribution in [2.45, 2.75) is 12.5 Å². The Morgan fingerprint density at radius 2 is 2.29 bits per heavy atom. The molecule has 0 fully saturated rings.